The molecule has 0 aliphatic carbocycles. The highest BCUT2D eigenvalue weighted by molar-refractivity contribution is 4.64. The molecule has 3 heteroatoms. The Balaban J connectivity index is 3.54. The SMILES string of the molecule is COCC(C)N(C)CC(C)O. The van der Waals surface area contributed by atoms with Gasteiger partial charge >= 0.3 is 0 Å². The molecule has 68 valence electrons. The van der Waals surface area contributed by atoms with Crippen LogP contribution in [0.2, 0.25) is 0 Å². The van der Waals surface area contributed by atoms with Crippen molar-refractivity contribution in [3.63, 3.8) is 0 Å². The highest BCUT2D eigenvalue weighted by Crippen LogP contribution is 1.96. The zero-order valence-electron chi connectivity index (χ0n) is 7.87. The number of hydrogen-bond acceptors (Lipinski definition) is 3. The molecule has 0 bridgehead atoms. The minimum absolute atomic E-state index is 0.265. The largest absolute Gasteiger partial charge is 0.392 e. The van der Waals surface area contributed by atoms with Crippen molar-refractivity contribution in [3.8, 4) is 0 Å². The molecule has 0 spiro atoms. The van der Waals surface area contributed by atoms with E-state index < -0.39 is 0 Å². The molecular formula is C8H19NO2. The van der Waals surface area contributed by atoms with Gasteiger partial charge in [-0.1, -0.05) is 0 Å². The van der Waals surface area contributed by atoms with Crippen LogP contribution in [0, 0.1) is 0 Å². The van der Waals surface area contributed by atoms with E-state index in [1.807, 2.05) is 7.05 Å². The molecule has 11 heavy (non-hydrogen) atoms. The normalized spacial score (nSPS) is 16.9. The number of likely N-dealkylation sites (N-methyl/N-ethyl adjacent to an activating group) is 1. The van der Waals surface area contributed by atoms with E-state index >= 15 is 0 Å². The summed E-state index contributed by atoms with van der Waals surface area (Å²) in [5.74, 6) is 0. The number of aliphatic hydroxyl groups is 1. The summed E-state index contributed by atoms with van der Waals surface area (Å²) in [6, 6.07) is 0.370. The molecule has 0 amide bonds. The van der Waals surface area contributed by atoms with Crippen LogP contribution in [-0.4, -0.2) is 49.5 Å². The maximum atomic E-state index is 9.06. The summed E-state index contributed by atoms with van der Waals surface area (Å²) < 4.78 is 4.98. The molecule has 0 aromatic carbocycles. The quantitative estimate of drug-likeness (QED) is 0.631. The van der Waals surface area contributed by atoms with E-state index in [2.05, 4.69) is 11.8 Å². The third kappa shape index (κ3) is 5.18. The molecule has 1 N–H and O–H groups in total. The molecule has 0 heterocycles. The van der Waals surface area contributed by atoms with Gasteiger partial charge in [-0.3, -0.25) is 4.90 Å². The van der Waals surface area contributed by atoms with Crippen LogP contribution in [0.5, 0.6) is 0 Å². The maximum Gasteiger partial charge on any atom is 0.0639 e. The van der Waals surface area contributed by atoms with Gasteiger partial charge in [-0.25, -0.2) is 0 Å². The van der Waals surface area contributed by atoms with Crippen LogP contribution in [0.25, 0.3) is 0 Å². The zero-order valence-corrected chi connectivity index (χ0v) is 7.87. The lowest BCUT2D eigenvalue weighted by Crippen LogP contribution is -2.37. The topological polar surface area (TPSA) is 32.7 Å². The predicted molar refractivity (Wildman–Crippen MR) is 45.6 cm³/mol. The van der Waals surface area contributed by atoms with Crippen LogP contribution in [0.15, 0.2) is 0 Å². The van der Waals surface area contributed by atoms with Crippen molar-refractivity contribution in [2.75, 3.05) is 27.3 Å². The predicted octanol–water partition coefficient (Wildman–Crippen LogP) is 0.334. The molecule has 3 nitrogen and oxygen atoms in total. The molecule has 0 aliphatic rings. The van der Waals surface area contributed by atoms with Gasteiger partial charge in [-0.15, -0.1) is 0 Å². The Hall–Kier alpha value is -0.120. The number of rotatable bonds is 5. The summed E-state index contributed by atoms with van der Waals surface area (Å²) in [6.45, 7) is 5.27. The van der Waals surface area contributed by atoms with Crippen molar-refractivity contribution in [1.29, 1.82) is 0 Å². The number of nitrogens with zero attached hydrogens (tertiary/aromatic N) is 1. The van der Waals surface area contributed by atoms with Crippen LogP contribution in [0.1, 0.15) is 13.8 Å². The van der Waals surface area contributed by atoms with E-state index in [1.165, 1.54) is 0 Å². The van der Waals surface area contributed by atoms with Gasteiger partial charge in [0.25, 0.3) is 0 Å². The van der Waals surface area contributed by atoms with Gasteiger partial charge in [0.15, 0.2) is 0 Å². The van der Waals surface area contributed by atoms with Crippen molar-refractivity contribution in [2.45, 2.75) is 26.0 Å². The van der Waals surface area contributed by atoms with E-state index in [4.69, 9.17) is 9.84 Å². The second-order valence-electron chi connectivity index (χ2n) is 3.09. The van der Waals surface area contributed by atoms with E-state index in [9.17, 15) is 0 Å². The average molecular weight is 161 g/mol. The van der Waals surface area contributed by atoms with Crippen LogP contribution in [0.3, 0.4) is 0 Å². The van der Waals surface area contributed by atoms with E-state index in [0.717, 1.165) is 0 Å². The Morgan fingerprint density at radius 2 is 2.00 bits per heavy atom. The first kappa shape index (κ1) is 10.9. The molecule has 0 aromatic rings. The highest BCUT2D eigenvalue weighted by Gasteiger charge is 2.09. The van der Waals surface area contributed by atoms with Gasteiger partial charge in [0.05, 0.1) is 12.7 Å². The Morgan fingerprint density at radius 3 is 2.36 bits per heavy atom. The molecule has 2 unspecified atom stereocenters. The van der Waals surface area contributed by atoms with Crippen LogP contribution in [0.4, 0.5) is 0 Å². The fraction of sp³-hybridized carbons (Fsp3) is 1.00. The van der Waals surface area contributed by atoms with Crippen molar-refractivity contribution in [1.82, 2.24) is 4.90 Å². The highest BCUT2D eigenvalue weighted by atomic mass is 16.5. The minimum atomic E-state index is -0.265. The molecular weight excluding hydrogens is 142 g/mol. The van der Waals surface area contributed by atoms with Gasteiger partial charge in [0, 0.05) is 19.7 Å². The smallest absolute Gasteiger partial charge is 0.0639 e. The summed E-state index contributed by atoms with van der Waals surface area (Å²) in [5.41, 5.74) is 0. The molecule has 0 radical (unpaired) electrons. The lowest BCUT2D eigenvalue weighted by molar-refractivity contribution is 0.0780. The number of methoxy groups -OCH3 is 1. The third-order valence-corrected chi connectivity index (χ3v) is 1.71. The van der Waals surface area contributed by atoms with Crippen molar-refractivity contribution in [3.05, 3.63) is 0 Å². The lowest BCUT2D eigenvalue weighted by Gasteiger charge is -2.24. The molecule has 0 fully saturated rings. The minimum Gasteiger partial charge on any atom is -0.392 e. The van der Waals surface area contributed by atoms with Crippen molar-refractivity contribution >= 4 is 0 Å². The molecule has 0 saturated carbocycles. The maximum absolute atomic E-state index is 9.06. The van der Waals surface area contributed by atoms with Crippen molar-refractivity contribution < 1.29 is 9.84 Å². The monoisotopic (exact) mass is 161 g/mol. The van der Waals surface area contributed by atoms with Gasteiger partial charge < -0.3 is 9.84 Å². The first-order valence-electron chi connectivity index (χ1n) is 3.95. The second-order valence-corrected chi connectivity index (χ2v) is 3.09. The number of aliphatic hydroxyl groups excluding tert-OH is 1. The number of hydrogen-bond donors (Lipinski definition) is 1. The summed E-state index contributed by atoms with van der Waals surface area (Å²) >= 11 is 0. The second kappa shape index (κ2) is 5.52. The molecule has 0 aliphatic heterocycles. The average Bonchev–Trinajstić information content (AvgIpc) is 1.86. The summed E-state index contributed by atoms with van der Waals surface area (Å²) in [6.07, 6.45) is -0.265. The van der Waals surface area contributed by atoms with Crippen LogP contribution in [-0.2, 0) is 4.74 Å². The zero-order chi connectivity index (χ0) is 8.85. The standard InChI is InChI=1S/C8H19NO2/c1-7(6-11-4)9(3)5-8(2)10/h7-8,10H,5-6H2,1-4H3. The van der Waals surface area contributed by atoms with Gasteiger partial charge in [0.1, 0.15) is 0 Å². The van der Waals surface area contributed by atoms with Crippen LogP contribution >= 0.6 is 0 Å². The Bertz CT molecular complexity index is 96.1. The molecule has 0 rings (SSSR count). The van der Waals surface area contributed by atoms with Crippen LogP contribution < -0.4 is 0 Å². The Kier molecular flexibility index (Phi) is 5.46. The van der Waals surface area contributed by atoms with Gasteiger partial charge in [0.2, 0.25) is 0 Å². The fourth-order valence-electron chi connectivity index (χ4n) is 0.965. The first-order chi connectivity index (χ1) is 5.07. The molecule has 0 saturated heterocycles. The van der Waals surface area contributed by atoms with Gasteiger partial charge in [-0.2, -0.15) is 0 Å². The Labute approximate surface area is 69.0 Å². The van der Waals surface area contributed by atoms with Crippen molar-refractivity contribution in [2.24, 2.45) is 0 Å². The summed E-state index contributed by atoms with van der Waals surface area (Å²) in [7, 11) is 3.67. The summed E-state index contributed by atoms with van der Waals surface area (Å²) in [5, 5.41) is 9.06. The third-order valence-electron chi connectivity index (χ3n) is 1.71. The Morgan fingerprint density at radius 1 is 1.45 bits per heavy atom. The van der Waals surface area contributed by atoms with E-state index in [-0.39, 0.29) is 6.10 Å². The lowest BCUT2D eigenvalue weighted by atomic mass is 10.3. The van der Waals surface area contributed by atoms with E-state index in [1.54, 1.807) is 14.0 Å². The van der Waals surface area contributed by atoms with E-state index in [0.29, 0.717) is 19.2 Å². The molecule has 0 aromatic heterocycles. The summed E-state index contributed by atoms with van der Waals surface area (Å²) in [4.78, 5) is 2.08. The first-order valence-corrected chi connectivity index (χ1v) is 3.95. The van der Waals surface area contributed by atoms with Gasteiger partial charge in [-0.05, 0) is 20.9 Å². The fourth-order valence-corrected chi connectivity index (χ4v) is 0.965. The number of ether oxygens (including phenoxy) is 1. The molecule has 2 atom stereocenters.